The summed E-state index contributed by atoms with van der Waals surface area (Å²) in [6.45, 7) is 4.13. The van der Waals surface area contributed by atoms with Gasteiger partial charge in [-0.3, -0.25) is 0 Å². The predicted octanol–water partition coefficient (Wildman–Crippen LogP) is 2.82. The monoisotopic (exact) mass is 209 g/mol. The van der Waals surface area contributed by atoms with Crippen LogP contribution < -0.4 is 0 Å². The summed E-state index contributed by atoms with van der Waals surface area (Å²) in [6, 6.07) is 7.82. The van der Waals surface area contributed by atoms with Gasteiger partial charge in [0.25, 0.3) is 0 Å². The minimum Gasteiger partial charge on any atom is -0.226 e. The second-order valence-electron chi connectivity index (χ2n) is 3.64. The van der Waals surface area contributed by atoms with Crippen LogP contribution in [0.4, 0.5) is 0 Å². The molecule has 2 rings (SSSR count). The maximum atomic E-state index is 6.22. The number of alkyl halides is 1. The molecular formula is C10H12ClN3. The first-order valence-corrected chi connectivity index (χ1v) is 5.08. The van der Waals surface area contributed by atoms with Gasteiger partial charge < -0.3 is 0 Å². The van der Waals surface area contributed by atoms with Crippen molar-refractivity contribution in [2.45, 2.75) is 19.3 Å². The lowest BCUT2D eigenvalue weighted by atomic mass is 10.2. The molecule has 0 aliphatic heterocycles. The molecule has 1 atom stereocenters. The van der Waals surface area contributed by atoms with E-state index in [0.29, 0.717) is 5.92 Å². The van der Waals surface area contributed by atoms with Crippen molar-refractivity contribution in [2.24, 2.45) is 5.92 Å². The lowest BCUT2D eigenvalue weighted by Gasteiger charge is -2.13. The van der Waals surface area contributed by atoms with Crippen molar-refractivity contribution in [3.05, 3.63) is 24.3 Å². The third kappa shape index (κ3) is 1.48. The normalized spacial score (nSPS) is 13.7. The summed E-state index contributed by atoms with van der Waals surface area (Å²) in [5.41, 5.74) is 1.74. The number of rotatable bonds is 2. The number of hydrogen-bond donors (Lipinski definition) is 0. The highest BCUT2D eigenvalue weighted by atomic mass is 35.5. The molecule has 0 bridgehead atoms. The molecule has 0 N–H and O–H groups in total. The third-order valence-electron chi connectivity index (χ3n) is 2.16. The largest absolute Gasteiger partial charge is 0.226 e. The Labute approximate surface area is 87.7 Å². The van der Waals surface area contributed by atoms with Crippen molar-refractivity contribution < 1.29 is 0 Å². The highest BCUT2D eigenvalue weighted by Gasteiger charge is 2.15. The number of hydrogen-bond acceptors (Lipinski definition) is 2. The second-order valence-corrected chi connectivity index (χ2v) is 4.09. The van der Waals surface area contributed by atoms with E-state index < -0.39 is 0 Å². The van der Waals surface area contributed by atoms with Crippen LogP contribution >= 0.6 is 11.6 Å². The molecule has 0 spiro atoms. The first-order chi connectivity index (χ1) is 6.70. The third-order valence-corrected chi connectivity index (χ3v) is 2.85. The van der Waals surface area contributed by atoms with Crippen molar-refractivity contribution >= 4 is 22.6 Å². The van der Waals surface area contributed by atoms with E-state index in [1.54, 1.807) is 4.68 Å². The Morgan fingerprint density at radius 3 is 2.71 bits per heavy atom. The molecular weight excluding hydrogens is 198 g/mol. The zero-order chi connectivity index (χ0) is 10.1. The summed E-state index contributed by atoms with van der Waals surface area (Å²) in [6.07, 6.45) is 0. The van der Waals surface area contributed by atoms with Crippen LogP contribution in [0.5, 0.6) is 0 Å². The van der Waals surface area contributed by atoms with Gasteiger partial charge in [-0.2, -0.15) is 0 Å². The van der Waals surface area contributed by atoms with Crippen LogP contribution in [0.1, 0.15) is 19.3 Å². The minimum absolute atomic E-state index is 0.137. The average molecular weight is 210 g/mol. The van der Waals surface area contributed by atoms with E-state index in [0.717, 1.165) is 11.0 Å². The fourth-order valence-electron chi connectivity index (χ4n) is 1.35. The van der Waals surface area contributed by atoms with Crippen LogP contribution in [0.15, 0.2) is 24.3 Å². The van der Waals surface area contributed by atoms with Gasteiger partial charge in [-0.05, 0) is 18.1 Å². The van der Waals surface area contributed by atoms with Crippen LogP contribution in [0, 0.1) is 5.92 Å². The Balaban J connectivity index is 2.53. The fraction of sp³-hybridized carbons (Fsp3) is 0.400. The summed E-state index contributed by atoms with van der Waals surface area (Å²) in [5.74, 6) is 0.335. The van der Waals surface area contributed by atoms with E-state index in [9.17, 15) is 0 Å². The Hall–Kier alpha value is -1.09. The molecule has 74 valence electrons. The lowest BCUT2D eigenvalue weighted by molar-refractivity contribution is 0.459. The number of benzene rings is 1. The quantitative estimate of drug-likeness (QED) is 0.713. The summed E-state index contributed by atoms with van der Waals surface area (Å²) < 4.78 is 1.77. The van der Waals surface area contributed by atoms with Gasteiger partial charge in [0.2, 0.25) is 0 Å². The van der Waals surface area contributed by atoms with Gasteiger partial charge in [-0.15, -0.1) is 5.10 Å². The molecule has 3 nitrogen and oxygen atoms in total. The standard InChI is InChI=1S/C10H12ClN3/c1-7(2)10(11)14-9-6-4-3-5-8(9)12-13-14/h3-7,10H,1-2H3. The van der Waals surface area contributed by atoms with Gasteiger partial charge in [-0.1, -0.05) is 42.8 Å². The summed E-state index contributed by atoms with van der Waals surface area (Å²) in [7, 11) is 0. The number of aromatic nitrogens is 3. The number of halogens is 1. The minimum atomic E-state index is -0.137. The summed E-state index contributed by atoms with van der Waals surface area (Å²) >= 11 is 6.22. The van der Waals surface area contributed by atoms with E-state index in [-0.39, 0.29) is 5.50 Å². The molecule has 1 aromatic carbocycles. The molecule has 0 aliphatic carbocycles. The number of nitrogens with zero attached hydrogens (tertiary/aromatic N) is 3. The van der Waals surface area contributed by atoms with Gasteiger partial charge in [-0.25, -0.2) is 4.68 Å². The van der Waals surface area contributed by atoms with E-state index in [1.807, 2.05) is 24.3 Å². The van der Waals surface area contributed by atoms with Crippen LogP contribution in [0.2, 0.25) is 0 Å². The van der Waals surface area contributed by atoms with E-state index in [2.05, 4.69) is 24.2 Å². The maximum Gasteiger partial charge on any atom is 0.130 e. The first-order valence-electron chi connectivity index (χ1n) is 4.64. The fourth-order valence-corrected chi connectivity index (χ4v) is 1.50. The van der Waals surface area contributed by atoms with Crippen LogP contribution in [0.25, 0.3) is 11.0 Å². The van der Waals surface area contributed by atoms with Crippen molar-refractivity contribution in [1.29, 1.82) is 0 Å². The van der Waals surface area contributed by atoms with Crippen molar-refractivity contribution in [3.63, 3.8) is 0 Å². The predicted molar refractivity (Wildman–Crippen MR) is 57.3 cm³/mol. The summed E-state index contributed by atoms with van der Waals surface area (Å²) in [4.78, 5) is 0. The molecule has 1 heterocycles. The molecule has 2 aromatic rings. The second kappa shape index (κ2) is 3.58. The average Bonchev–Trinajstić information content (AvgIpc) is 2.60. The van der Waals surface area contributed by atoms with Gasteiger partial charge in [0.05, 0.1) is 5.52 Å². The van der Waals surface area contributed by atoms with Gasteiger partial charge >= 0.3 is 0 Å². The lowest BCUT2D eigenvalue weighted by Crippen LogP contribution is -2.10. The van der Waals surface area contributed by atoms with Crippen LogP contribution in [-0.2, 0) is 0 Å². The Kier molecular flexibility index (Phi) is 2.42. The van der Waals surface area contributed by atoms with E-state index in [1.165, 1.54) is 0 Å². The van der Waals surface area contributed by atoms with Gasteiger partial charge in [0.15, 0.2) is 0 Å². The molecule has 1 unspecified atom stereocenters. The molecule has 1 aromatic heterocycles. The molecule has 0 aliphatic rings. The molecule has 0 saturated carbocycles. The Morgan fingerprint density at radius 1 is 1.29 bits per heavy atom. The first kappa shape index (κ1) is 9.46. The molecule has 0 radical (unpaired) electrons. The number of fused-ring (bicyclic) bond motifs is 1. The van der Waals surface area contributed by atoms with Gasteiger partial charge in [0, 0.05) is 0 Å². The van der Waals surface area contributed by atoms with Crippen LogP contribution in [-0.4, -0.2) is 15.0 Å². The molecule has 0 amide bonds. The Morgan fingerprint density at radius 2 is 2.00 bits per heavy atom. The zero-order valence-corrected chi connectivity index (χ0v) is 8.94. The maximum absolute atomic E-state index is 6.22. The summed E-state index contributed by atoms with van der Waals surface area (Å²) in [5, 5.41) is 8.10. The highest BCUT2D eigenvalue weighted by molar-refractivity contribution is 6.19. The van der Waals surface area contributed by atoms with Crippen LogP contribution in [0.3, 0.4) is 0 Å². The topological polar surface area (TPSA) is 30.7 Å². The zero-order valence-electron chi connectivity index (χ0n) is 8.18. The van der Waals surface area contributed by atoms with Gasteiger partial charge in [0.1, 0.15) is 11.0 Å². The molecule has 0 saturated heterocycles. The van der Waals surface area contributed by atoms with Crippen molar-refractivity contribution in [3.8, 4) is 0 Å². The van der Waals surface area contributed by atoms with Crippen molar-refractivity contribution in [1.82, 2.24) is 15.0 Å². The molecule has 14 heavy (non-hydrogen) atoms. The SMILES string of the molecule is CC(C)C(Cl)n1nnc2ccccc21. The molecule has 4 heteroatoms. The smallest absolute Gasteiger partial charge is 0.130 e. The highest BCUT2D eigenvalue weighted by Crippen LogP contribution is 2.24. The number of para-hydroxylation sites is 1. The Bertz CT molecular complexity index is 436. The molecule has 0 fully saturated rings. The van der Waals surface area contributed by atoms with E-state index >= 15 is 0 Å². The van der Waals surface area contributed by atoms with E-state index in [4.69, 9.17) is 11.6 Å². The van der Waals surface area contributed by atoms with Crippen molar-refractivity contribution in [2.75, 3.05) is 0 Å².